The van der Waals surface area contributed by atoms with E-state index in [2.05, 4.69) is 15.0 Å². The molecule has 12 heteroatoms. The predicted octanol–water partition coefficient (Wildman–Crippen LogP) is 6.83. The fourth-order valence-corrected chi connectivity index (χ4v) is 6.33. The molecule has 0 saturated carbocycles. The number of hydrogen-bond donors (Lipinski definition) is 0. The van der Waals surface area contributed by atoms with Gasteiger partial charge in [0.1, 0.15) is 18.1 Å². The molecule has 1 aromatic heterocycles. The van der Waals surface area contributed by atoms with E-state index in [0.29, 0.717) is 36.0 Å². The van der Waals surface area contributed by atoms with Gasteiger partial charge < -0.3 is 9.80 Å². The number of carbonyl (C=O) groups excluding carboxylic acids is 1. The number of carbonyl (C=O) groups is 1. The number of alkyl halides is 3. The van der Waals surface area contributed by atoms with Crippen molar-refractivity contribution in [3.05, 3.63) is 111 Å². The average Bonchev–Trinajstić information content (AvgIpc) is 3.07. The SMILES string of the molecule is CCc1nn(CC(=O)N(CCN2CCCCC2)Cc2ccc(-c3ccc(C(F)(F)F)cc3)cc2)c(SCc2ccc(F)cc2)nc1=O. The highest BCUT2D eigenvalue weighted by Crippen LogP contribution is 2.31. The Balaban J connectivity index is 1.34. The molecule has 1 aliphatic heterocycles. The second-order valence-corrected chi connectivity index (χ2v) is 12.5. The number of nitrogens with zero attached hydrogens (tertiary/aromatic N) is 5. The Bertz CT molecular complexity index is 1690. The van der Waals surface area contributed by atoms with Crippen molar-refractivity contribution in [3.63, 3.8) is 0 Å². The number of piperidine rings is 1. The van der Waals surface area contributed by atoms with Crippen LogP contribution in [0, 0.1) is 5.82 Å². The van der Waals surface area contributed by atoms with Crippen molar-refractivity contribution in [2.24, 2.45) is 0 Å². The quantitative estimate of drug-likeness (QED) is 0.122. The minimum atomic E-state index is -4.40. The van der Waals surface area contributed by atoms with Crippen LogP contribution in [0.2, 0.25) is 0 Å². The van der Waals surface area contributed by atoms with Crippen molar-refractivity contribution in [3.8, 4) is 11.1 Å². The highest BCUT2D eigenvalue weighted by molar-refractivity contribution is 7.98. The Hall–Kier alpha value is -4.03. The molecule has 0 atom stereocenters. The van der Waals surface area contributed by atoms with Gasteiger partial charge in [-0.25, -0.2) is 9.07 Å². The van der Waals surface area contributed by atoms with Crippen LogP contribution in [0.5, 0.6) is 0 Å². The van der Waals surface area contributed by atoms with Crippen LogP contribution in [0.1, 0.15) is 48.6 Å². The van der Waals surface area contributed by atoms with Crippen LogP contribution in [0.3, 0.4) is 0 Å². The fourth-order valence-electron chi connectivity index (χ4n) is 5.44. The lowest BCUT2D eigenvalue weighted by Gasteiger charge is -2.30. The van der Waals surface area contributed by atoms with Gasteiger partial charge in [0.05, 0.1) is 5.56 Å². The number of benzene rings is 3. The molecule has 7 nitrogen and oxygen atoms in total. The van der Waals surface area contributed by atoms with Crippen LogP contribution in [-0.4, -0.2) is 56.7 Å². The zero-order chi connectivity index (χ0) is 33.4. The van der Waals surface area contributed by atoms with Crippen LogP contribution in [-0.2, 0) is 36.2 Å². The molecule has 0 unspecified atom stereocenters. The van der Waals surface area contributed by atoms with Crippen LogP contribution >= 0.6 is 11.8 Å². The molecule has 2 heterocycles. The second kappa shape index (κ2) is 15.7. The van der Waals surface area contributed by atoms with Gasteiger partial charge in [0.2, 0.25) is 5.91 Å². The van der Waals surface area contributed by atoms with E-state index in [4.69, 9.17) is 0 Å². The molecule has 3 aromatic carbocycles. The van der Waals surface area contributed by atoms with Gasteiger partial charge in [-0.1, -0.05) is 73.6 Å². The van der Waals surface area contributed by atoms with Gasteiger partial charge in [0.25, 0.3) is 5.56 Å². The summed E-state index contributed by atoms with van der Waals surface area (Å²) in [6.45, 7) is 5.20. The zero-order valence-corrected chi connectivity index (χ0v) is 27.0. The smallest absolute Gasteiger partial charge is 0.335 e. The largest absolute Gasteiger partial charge is 0.416 e. The van der Waals surface area contributed by atoms with E-state index >= 15 is 0 Å². The molecule has 1 saturated heterocycles. The summed E-state index contributed by atoms with van der Waals surface area (Å²) in [5, 5.41) is 4.80. The topological polar surface area (TPSA) is 71.3 Å². The van der Waals surface area contributed by atoms with Crippen LogP contribution in [0.25, 0.3) is 11.1 Å². The molecule has 1 fully saturated rings. The monoisotopic (exact) mass is 667 g/mol. The highest BCUT2D eigenvalue weighted by atomic mass is 32.2. The van der Waals surface area contributed by atoms with Gasteiger partial charge in [-0.3, -0.25) is 9.59 Å². The molecular weight excluding hydrogens is 630 g/mol. The lowest BCUT2D eigenvalue weighted by molar-refractivity contribution is -0.137. The maximum Gasteiger partial charge on any atom is 0.416 e. The minimum absolute atomic E-state index is 0.115. The van der Waals surface area contributed by atoms with Gasteiger partial charge in [-0.15, -0.1) is 0 Å². The van der Waals surface area contributed by atoms with Crippen molar-refractivity contribution >= 4 is 17.7 Å². The molecule has 0 N–H and O–H groups in total. The predicted molar refractivity (Wildman–Crippen MR) is 174 cm³/mol. The number of thioether (sulfide) groups is 1. The maximum absolute atomic E-state index is 13.9. The van der Waals surface area contributed by atoms with E-state index in [9.17, 15) is 27.2 Å². The molecular formula is C35H37F4N5O2S. The van der Waals surface area contributed by atoms with Gasteiger partial charge in [-0.05, 0) is 78.9 Å². The summed E-state index contributed by atoms with van der Waals surface area (Å²) in [6, 6.07) is 18.6. The van der Waals surface area contributed by atoms with E-state index in [-0.39, 0.29) is 24.0 Å². The first-order valence-corrected chi connectivity index (χ1v) is 16.7. The molecule has 4 aromatic rings. The van der Waals surface area contributed by atoms with Gasteiger partial charge in [-0.2, -0.15) is 23.3 Å². The molecule has 0 aliphatic carbocycles. The molecule has 47 heavy (non-hydrogen) atoms. The third kappa shape index (κ3) is 9.51. The summed E-state index contributed by atoms with van der Waals surface area (Å²) < 4.78 is 53.9. The summed E-state index contributed by atoms with van der Waals surface area (Å²) >= 11 is 1.26. The first-order chi connectivity index (χ1) is 22.6. The van der Waals surface area contributed by atoms with Crippen molar-refractivity contribution in [1.82, 2.24) is 24.6 Å². The summed E-state index contributed by atoms with van der Waals surface area (Å²) in [5.41, 5.74) is 2.28. The second-order valence-electron chi connectivity index (χ2n) is 11.6. The number of rotatable bonds is 12. The first kappa shape index (κ1) is 34.3. The summed E-state index contributed by atoms with van der Waals surface area (Å²) in [4.78, 5) is 34.9. The van der Waals surface area contributed by atoms with E-state index in [1.807, 2.05) is 31.2 Å². The Morgan fingerprint density at radius 1 is 0.894 bits per heavy atom. The molecule has 0 spiro atoms. The van der Waals surface area contributed by atoms with E-state index < -0.39 is 17.3 Å². The van der Waals surface area contributed by atoms with Gasteiger partial charge >= 0.3 is 6.18 Å². The molecule has 0 radical (unpaired) electrons. The van der Waals surface area contributed by atoms with E-state index in [1.54, 1.807) is 17.0 Å². The number of amides is 1. The number of hydrogen-bond acceptors (Lipinski definition) is 6. The Labute approximate surface area is 275 Å². The molecule has 1 aliphatic rings. The lowest BCUT2D eigenvalue weighted by Crippen LogP contribution is -2.42. The molecule has 5 rings (SSSR count). The zero-order valence-electron chi connectivity index (χ0n) is 26.2. The van der Waals surface area contributed by atoms with E-state index in [0.717, 1.165) is 61.3 Å². The number of aryl methyl sites for hydroxylation is 1. The number of aromatic nitrogens is 3. The Kier molecular flexibility index (Phi) is 11.5. The van der Waals surface area contributed by atoms with Crippen molar-refractivity contribution in [2.45, 2.75) is 62.8 Å². The average molecular weight is 668 g/mol. The van der Waals surface area contributed by atoms with Crippen molar-refractivity contribution in [2.75, 3.05) is 26.2 Å². The van der Waals surface area contributed by atoms with Crippen molar-refractivity contribution in [1.29, 1.82) is 0 Å². The molecule has 248 valence electrons. The van der Waals surface area contributed by atoms with E-state index in [1.165, 1.54) is 47.1 Å². The maximum atomic E-state index is 13.9. The van der Waals surface area contributed by atoms with Crippen LogP contribution in [0.15, 0.2) is 82.7 Å². The lowest BCUT2D eigenvalue weighted by atomic mass is 10.0. The minimum Gasteiger partial charge on any atom is -0.335 e. The van der Waals surface area contributed by atoms with Gasteiger partial charge in [0.15, 0.2) is 5.16 Å². The normalized spacial score (nSPS) is 13.9. The Morgan fingerprint density at radius 3 is 2.13 bits per heavy atom. The van der Waals surface area contributed by atoms with Crippen LogP contribution in [0.4, 0.5) is 17.6 Å². The third-order valence-electron chi connectivity index (χ3n) is 8.17. The molecule has 0 bridgehead atoms. The number of likely N-dealkylation sites (tertiary alicyclic amines) is 1. The standard InChI is InChI=1S/C35H37F4N5O2S/c1-2-31-33(46)40-34(47-24-26-8-16-30(36)17-9-26)44(41-31)23-32(45)43(21-20-42-18-4-3-5-19-42)22-25-6-10-27(11-7-25)28-12-14-29(15-13-28)35(37,38)39/h6-17H,2-5,18-24H2,1H3. The first-order valence-electron chi connectivity index (χ1n) is 15.7. The van der Waals surface area contributed by atoms with Gasteiger partial charge in [0, 0.05) is 25.4 Å². The summed E-state index contributed by atoms with van der Waals surface area (Å²) in [6.07, 6.45) is -0.574. The fraction of sp³-hybridized carbons (Fsp3) is 0.371. The van der Waals surface area contributed by atoms with Crippen molar-refractivity contribution < 1.29 is 22.4 Å². The Morgan fingerprint density at radius 2 is 1.51 bits per heavy atom. The summed E-state index contributed by atoms with van der Waals surface area (Å²) in [7, 11) is 0. The molecule has 1 amide bonds. The number of halogens is 4. The summed E-state index contributed by atoms with van der Waals surface area (Å²) in [5.74, 6) is -0.109. The highest BCUT2D eigenvalue weighted by Gasteiger charge is 2.30. The third-order valence-corrected chi connectivity index (χ3v) is 9.21. The van der Waals surface area contributed by atoms with Crippen LogP contribution < -0.4 is 5.56 Å².